The lowest BCUT2D eigenvalue weighted by Crippen LogP contribution is -2.60. The molecule has 1 N–H and O–H groups in total. The molecule has 0 bridgehead atoms. The normalized spacial score (nSPS) is 19.4. The summed E-state index contributed by atoms with van der Waals surface area (Å²) in [6.07, 6.45) is 9.96. The van der Waals surface area contributed by atoms with E-state index in [4.69, 9.17) is 0 Å². The Morgan fingerprint density at radius 1 is 1.29 bits per heavy atom. The van der Waals surface area contributed by atoms with Crippen molar-refractivity contribution in [3.05, 3.63) is 12.3 Å². The Morgan fingerprint density at radius 2 is 2.29 bits per heavy atom. The fourth-order valence-corrected chi connectivity index (χ4v) is 0.641. The number of rotatable bonds is 0. The molecule has 0 saturated heterocycles. The van der Waals surface area contributed by atoms with Gasteiger partial charge >= 0.3 is 0 Å². The van der Waals surface area contributed by atoms with Crippen LogP contribution in [0.1, 0.15) is 19.3 Å². The molecule has 0 aromatic rings. The van der Waals surface area contributed by atoms with E-state index in [0.717, 1.165) is 0 Å². The quantitative estimate of drug-likeness (QED) is 0.430. The highest BCUT2D eigenvalue weighted by atomic mass is 14.7. The minimum atomic E-state index is 1.20. The third-order valence-corrected chi connectivity index (χ3v) is 1.05. The molecule has 0 unspecified atom stereocenters. The molecule has 0 aromatic carbocycles. The van der Waals surface area contributed by atoms with Gasteiger partial charge in [0.1, 0.15) is 6.21 Å². The van der Waals surface area contributed by atoms with Gasteiger partial charge in [0.05, 0.1) is 0 Å². The van der Waals surface area contributed by atoms with Gasteiger partial charge in [0.15, 0.2) is 6.20 Å². The first kappa shape index (κ1) is 4.57. The Kier molecular flexibility index (Phi) is 1.67. The summed E-state index contributed by atoms with van der Waals surface area (Å²) in [7, 11) is 0. The maximum absolute atomic E-state index is 3.04. The molecule has 0 aromatic heterocycles. The monoisotopic (exact) mass is 96.1 g/mol. The number of hydrogen-bond acceptors (Lipinski definition) is 0. The van der Waals surface area contributed by atoms with E-state index in [0.29, 0.717) is 0 Å². The minimum Gasteiger partial charge on any atom is -0.222 e. The molecule has 1 heterocycles. The van der Waals surface area contributed by atoms with Crippen LogP contribution in [0, 0.1) is 0 Å². The largest absolute Gasteiger partial charge is 0.222 e. The van der Waals surface area contributed by atoms with Crippen LogP contribution in [-0.2, 0) is 0 Å². The van der Waals surface area contributed by atoms with Crippen molar-refractivity contribution in [2.45, 2.75) is 19.3 Å². The van der Waals surface area contributed by atoms with Crippen molar-refractivity contribution in [3.8, 4) is 0 Å². The lowest BCUT2D eigenvalue weighted by molar-refractivity contribution is -0.367. The van der Waals surface area contributed by atoms with Crippen molar-refractivity contribution in [2.75, 3.05) is 0 Å². The van der Waals surface area contributed by atoms with E-state index in [1.54, 1.807) is 0 Å². The van der Waals surface area contributed by atoms with Crippen LogP contribution in [-0.4, -0.2) is 6.21 Å². The van der Waals surface area contributed by atoms with Crippen LogP contribution in [0.5, 0.6) is 0 Å². The van der Waals surface area contributed by atoms with E-state index in [9.17, 15) is 0 Å². The van der Waals surface area contributed by atoms with Gasteiger partial charge in [0.2, 0.25) is 0 Å². The molecule has 0 aliphatic carbocycles. The Labute approximate surface area is 43.8 Å². The van der Waals surface area contributed by atoms with E-state index in [2.05, 4.69) is 17.3 Å². The molecule has 0 spiro atoms. The predicted octanol–water partition coefficient (Wildman–Crippen LogP) is -0.165. The molecule has 1 aliphatic heterocycles. The predicted molar refractivity (Wildman–Crippen MR) is 30.0 cm³/mol. The topological polar surface area (TPSA) is 14.0 Å². The lowest BCUT2D eigenvalue weighted by atomic mass is 10.3. The fraction of sp³-hybridized carbons (Fsp3) is 0.500. The van der Waals surface area contributed by atoms with Crippen LogP contribution < -0.4 is 4.99 Å². The van der Waals surface area contributed by atoms with Gasteiger partial charge < -0.3 is 0 Å². The van der Waals surface area contributed by atoms with E-state index in [-0.39, 0.29) is 0 Å². The van der Waals surface area contributed by atoms with Gasteiger partial charge in [-0.05, 0) is 18.9 Å². The van der Waals surface area contributed by atoms with Crippen LogP contribution in [0.3, 0.4) is 0 Å². The van der Waals surface area contributed by atoms with Gasteiger partial charge in [0.25, 0.3) is 0 Å². The van der Waals surface area contributed by atoms with Crippen molar-refractivity contribution in [3.63, 3.8) is 0 Å². The van der Waals surface area contributed by atoms with Gasteiger partial charge in [-0.25, -0.2) is 4.99 Å². The second-order valence-corrected chi connectivity index (χ2v) is 1.70. The van der Waals surface area contributed by atoms with E-state index >= 15 is 0 Å². The Hall–Kier alpha value is -0.590. The van der Waals surface area contributed by atoms with Crippen molar-refractivity contribution < 1.29 is 4.99 Å². The Morgan fingerprint density at radius 3 is 3.29 bits per heavy atom. The zero-order valence-corrected chi connectivity index (χ0v) is 4.35. The second kappa shape index (κ2) is 2.56. The highest BCUT2D eigenvalue weighted by Gasteiger charge is 1.87. The molecular formula is C6H10N+. The van der Waals surface area contributed by atoms with Crippen molar-refractivity contribution in [1.29, 1.82) is 0 Å². The number of allylic oxidation sites excluding steroid dienone is 1. The molecule has 1 aliphatic rings. The molecule has 0 radical (unpaired) electrons. The van der Waals surface area contributed by atoms with Gasteiger partial charge in [-0.1, -0.05) is 0 Å². The van der Waals surface area contributed by atoms with Gasteiger partial charge in [-0.2, -0.15) is 0 Å². The summed E-state index contributed by atoms with van der Waals surface area (Å²) in [5.74, 6) is 0. The van der Waals surface area contributed by atoms with Crippen molar-refractivity contribution in [1.82, 2.24) is 0 Å². The average Bonchev–Trinajstić information content (AvgIpc) is 1.90. The first-order valence-corrected chi connectivity index (χ1v) is 2.73. The third kappa shape index (κ3) is 1.53. The molecule has 0 atom stereocenters. The fourth-order valence-electron chi connectivity index (χ4n) is 0.641. The van der Waals surface area contributed by atoms with Gasteiger partial charge in [0, 0.05) is 6.42 Å². The molecule has 38 valence electrons. The zero-order chi connectivity index (χ0) is 4.95. The standard InChI is InChI=1S/C6H9N/c1-2-4-6-7-5-3-1/h3,5-6H,1-2,4H2/p+1. The molecule has 1 rings (SSSR count). The summed E-state index contributed by atoms with van der Waals surface area (Å²) in [6, 6.07) is 0. The van der Waals surface area contributed by atoms with Crippen LogP contribution in [0.2, 0.25) is 0 Å². The summed E-state index contributed by atoms with van der Waals surface area (Å²) in [6.45, 7) is 0. The molecule has 1 heteroatoms. The third-order valence-electron chi connectivity index (χ3n) is 1.05. The average molecular weight is 96.2 g/mol. The molecular weight excluding hydrogens is 86.1 g/mol. The molecule has 0 fully saturated rings. The summed E-state index contributed by atoms with van der Waals surface area (Å²) in [5, 5.41) is 0. The Balaban J connectivity index is 2.39. The second-order valence-electron chi connectivity index (χ2n) is 1.70. The van der Waals surface area contributed by atoms with Crippen molar-refractivity contribution in [2.24, 2.45) is 0 Å². The van der Waals surface area contributed by atoms with E-state index in [1.807, 2.05) is 6.20 Å². The summed E-state index contributed by atoms with van der Waals surface area (Å²) < 4.78 is 0. The smallest absolute Gasteiger partial charge is 0.162 e. The van der Waals surface area contributed by atoms with E-state index < -0.39 is 0 Å². The number of hydrogen-bond donors (Lipinski definition) is 1. The highest BCUT2D eigenvalue weighted by Crippen LogP contribution is 1.92. The minimum absolute atomic E-state index is 1.20. The summed E-state index contributed by atoms with van der Waals surface area (Å²) >= 11 is 0. The zero-order valence-electron chi connectivity index (χ0n) is 4.35. The van der Waals surface area contributed by atoms with E-state index in [1.165, 1.54) is 19.3 Å². The van der Waals surface area contributed by atoms with Crippen molar-refractivity contribution >= 4 is 6.21 Å². The highest BCUT2D eigenvalue weighted by molar-refractivity contribution is 5.50. The molecule has 1 nitrogen and oxygen atoms in total. The Bertz CT molecular complexity index is 80.4. The first-order valence-electron chi connectivity index (χ1n) is 2.73. The summed E-state index contributed by atoms with van der Waals surface area (Å²) in [4.78, 5) is 3.04. The summed E-state index contributed by atoms with van der Waals surface area (Å²) in [5.41, 5.74) is 0. The maximum Gasteiger partial charge on any atom is 0.162 e. The number of nitrogens with one attached hydrogen (secondary N) is 1. The maximum atomic E-state index is 3.04. The van der Waals surface area contributed by atoms with Crippen LogP contribution in [0.4, 0.5) is 0 Å². The molecule has 0 amide bonds. The molecule has 7 heavy (non-hydrogen) atoms. The van der Waals surface area contributed by atoms with Gasteiger partial charge in [-0.3, -0.25) is 0 Å². The molecule has 0 saturated carbocycles. The van der Waals surface area contributed by atoms with Crippen LogP contribution in [0.15, 0.2) is 12.3 Å². The van der Waals surface area contributed by atoms with Crippen LogP contribution in [0.25, 0.3) is 0 Å². The van der Waals surface area contributed by atoms with Gasteiger partial charge in [-0.15, -0.1) is 0 Å². The van der Waals surface area contributed by atoms with Crippen LogP contribution >= 0.6 is 0 Å². The lowest BCUT2D eigenvalue weighted by Gasteiger charge is -1.77. The SMILES string of the molecule is C1=C[NH+]=CCCC1. The first-order chi connectivity index (χ1) is 3.50.